The fourth-order valence-electron chi connectivity index (χ4n) is 3.21. The molecule has 0 bridgehead atoms. The Balaban J connectivity index is 1.12. The van der Waals surface area contributed by atoms with Gasteiger partial charge in [-0.05, 0) is 48.0 Å². The summed E-state index contributed by atoms with van der Waals surface area (Å²) in [6.45, 7) is 0. The molecule has 0 spiro atoms. The summed E-state index contributed by atoms with van der Waals surface area (Å²) in [7, 11) is 0. The van der Waals surface area contributed by atoms with Crippen LogP contribution >= 0.6 is 69.4 Å². The first-order chi connectivity index (χ1) is 18.4. The molecule has 0 saturated carbocycles. The highest BCUT2D eigenvalue weighted by Gasteiger charge is 2.13. The third-order valence-electron chi connectivity index (χ3n) is 4.99. The Bertz CT molecular complexity index is 1610. The van der Waals surface area contributed by atoms with Crippen molar-refractivity contribution in [3.63, 3.8) is 0 Å². The van der Waals surface area contributed by atoms with Gasteiger partial charge in [-0.2, -0.15) is 0 Å². The second-order valence-corrected chi connectivity index (χ2v) is 13.0. The number of carbonyl (C=O) groups is 2. The first kappa shape index (κ1) is 26.9. The second kappa shape index (κ2) is 12.5. The lowest BCUT2D eigenvalue weighted by atomic mass is 10.2. The molecule has 0 radical (unpaired) electrons. The van der Waals surface area contributed by atoms with Gasteiger partial charge in [-0.15, -0.1) is 21.5 Å². The Hall–Kier alpha value is -2.67. The van der Waals surface area contributed by atoms with Crippen molar-refractivity contribution in [3.05, 3.63) is 87.9 Å². The largest absolute Gasteiger partial charge is 0.322 e. The molecule has 2 aromatic heterocycles. The van der Waals surface area contributed by atoms with Crippen LogP contribution in [0.1, 0.15) is 15.9 Å². The van der Waals surface area contributed by atoms with Gasteiger partial charge in [-0.3, -0.25) is 14.9 Å². The average Bonchev–Trinajstić information content (AvgIpc) is 3.54. The van der Waals surface area contributed by atoms with Gasteiger partial charge in [0, 0.05) is 17.0 Å². The van der Waals surface area contributed by atoms with Crippen molar-refractivity contribution in [2.24, 2.45) is 0 Å². The van der Waals surface area contributed by atoms with E-state index in [-0.39, 0.29) is 17.6 Å². The maximum Gasteiger partial charge on any atom is 0.255 e. The van der Waals surface area contributed by atoms with E-state index in [9.17, 15) is 9.59 Å². The fraction of sp³-hybridized carbons (Fsp3) is 0.0800. The van der Waals surface area contributed by atoms with Gasteiger partial charge >= 0.3 is 0 Å². The summed E-state index contributed by atoms with van der Waals surface area (Å²) in [5.41, 5.74) is 3.10. The summed E-state index contributed by atoms with van der Waals surface area (Å²) in [6, 6.07) is 20.1. The average molecular weight is 619 g/mol. The fourth-order valence-corrected chi connectivity index (χ4v) is 7.15. The van der Waals surface area contributed by atoms with Crippen molar-refractivity contribution in [1.29, 1.82) is 0 Å². The van der Waals surface area contributed by atoms with Crippen LogP contribution in [0.3, 0.4) is 0 Å². The van der Waals surface area contributed by atoms with Crippen molar-refractivity contribution in [3.8, 4) is 0 Å². The maximum atomic E-state index is 12.5. The van der Waals surface area contributed by atoms with Crippen molar-refractivity contribution >= 4 is 102 Å². The van der Waals surface area contributed by atoms with Gasteiger partial charge in [0.05, 0.1) is 26.0 Å². The van der Waals surface area contributed by atoms with Crippen LogP contribution in [0.4, 0.5) is 10.8 Å². The van der Waals surface area contributed by atoms with Crippen LogP contribution in [0.5, 0.6) is 0 Å². The highest BCUT2D eigenvalue weighted by Crippen LogP contribution is 2.33. The number of nitrogens with one attached hydrogen (secondary N) is 2. The smallest absolute Gasteiger partial charge is 0.255 e. The Morgan fingerprint density at radius 3 is 2.50 bits per heavy atom. The van der Waals surface area contributed by atoms with Crippen LogP contribution in [0.15, 0.2) is 75.4 Å². The number of halogens is 2. The van der Waals surface area contributed by atoms with Gasteiger partial charge in [0.25, 0.3) is 5.91 Å². The molecular weight excluding hydrogens is 601 g/mol. The van der Waals surface area contributed by atoms with E-state index >= 15 is 0 Å². The van der Waals surface area contributed by atoms with Crippen LogP contribution < -0.4 is 10.6 Å². The van der Waals surface area contributed by atoms with Crippen LogP contribution in [0, 0.1) is 0 Å². The summed E-state index contributed by atoms with van der Waals surface area (Å²) in [4.78, 5) is 29.5. The molecule has 7 nitrogen and oxygen atoms in total. The summed E-state index contributed by atoms with van der Waals surface area (Å²) in [5.74, 6) is 0.475. The molecule has 2 amide bonds. The number of anilines is 2. The molecule has 0 aliphatic rings. The molecule has 5 rings (SSSR count). The Labute approximate surface area is 244 Å². The van der Waals surface area contributed by atoms with Crippen LogP contribution in [0.25, 0.3) is 10.2 Å². The van der Waals surface area contributed by atoms with Gasteiger partial charge in [0.1, 0.15) is 0 Å². The van der Waals surface area contributed by atoms with Crippen LogP contribution in [0.2, 0.25) is 10.0 Å². The molecule has 0 aliphatic heterocycles. The first-order valence-corrected chi connectivity index (χ1v) is 15.4. The highest BCUT2D eigenvalue weighted by atomic mass is 35.5. The summed E-state index contributed by atoms with van der Waals surface area (Å²) in [6.07, 6.45) is 0. The predicted octanol–water partition coefficient (Wildman–Crippen LogP) is 7.73. The second-order valence-electron chi connectivity index (χ2n) is 7.73. The van der Waals surface area contributed by atoms with E-state index in [4.69, 9.17) is 23.2 Å². The van der Waals surface area contributed by atoms with E-state index in [1.165, 1.54) is 46.2 Å². The van der Waals surface area contributed by atoms with E-state index < -0.39 is 0 Å². The summed E-state index contributed by atoms with van der Waals surface area (Å²) in [5, 5.41) is 15.3. The van der Waals surface area contributed by atoms with Crippen molar-refractivity contribution < 1.29 is 9.59 Å². The summed E-state index contributed by atoms with van der Waals surface area (Å²) >= 11 is 17.6. The molecule has 2 heterocycles. The van der Waals surface area contributed by atoms with Gasteiger partial charge in [-0.25, -0.2) is 4.98 Å². The number of fused-ring (bicyclic) bond motifs is 1. The van der Waals surface area contributed by atoms with Gasteiger partial charge in [0.15, 0.2) is 8.68 Å². The molecular formula is C25H17Cl2N5O2S4. The molecule has 0 unspecified atom stereocenters. The number of amides is 2. The monoisotopic (exact) mass is 617 g/mol. The third kappa shape index (κ3) is 7.04. The van der Waals surface area contributed by atoms with E-state index in [0.717, 1.165) is 24.5 Å². The van der Waals surface area contributed by atoms with E-state index in [0.29, 0.717) is 32.2 Å². The Morgan fingerprint density at radius 1 is 0.842 bits per heavy atom. The molecule has 3 aromatic carbocycles. The molecule has 2 N–H and O–H groups in total. The minimum absolute atomic E-state index is 0.173. The van der Waals surface area contributed by atoms with Crippen LogP contribution in [-0.2, 0) is 10.5 Å². The molecule has 0 aliphatic carbocycles. The number of thioether (sulfide) groups is 2. The molecule has 0 fully saturated rings. The number of carbonyl (C=O) groups excluding carboxylic acids is 2. The first-order valence-electron chi connectivity index (χ1n) is 11.0. The Kier molecular flexibility index (Phi) is 8.82. The number of nitrogens with zero attached hydrogens (tertiary/aromatic N) is 3. The van der Waals surface area contributed by atoms with E-state index in [1.54, 1.807) is 18.2 Å². The quantitative estimate of drug-likeness (QED) is 0.129. The molecule has 0 saturated heterocycles. The number of rotatable bonds is 9. The van der Waals surface area contributed by atoms with Crippen LogP contribution in [-0.4, -0.2) is 32.7 Å². The predicted molar refractivity (Wildman–Crippen MR) is 159 cm³/mol. The lowest BCUT2D eigenvalue weighted by Gasteiger charge is -2.04. The summed E-state index contributed by atoms with van der Waals surface area (Å²) < 4.78 is 2.42. The van der Waals surface area contributed by atoms with Gasteiger partial charge in [0.2, 0.25) is 11.0 Å². The van der Waals surface area contributed by atoms with E-state index in [1.807, 2.05) is 48.5 Å². The van der Waals surface area contributed by atoms with Gasteiger partial charge < -0.3 is 5.32 Å². The molecule has 5 aromatic rings. The normalized spacial score (nSPS) is 11.0. The molecule has 192 valence electrons. The third-order valence-corrected chi connectivity index (χ3v) is 9.93. The maximum absolute atomic E-state index is 12.5. The standard InChI is InChI=1S/C25H17Cl2N5O2S4/c26-17-8-6-14(10-18(17)27)12-35-25-32-31-23(38-25)30-21(33)13-36-24-29-19-9-7-16(11-20(19)37-24)28-22(34)15-4-2-1-3-5-15/h1-11H,12-13H2,(H,28,34)(H,30,31,33). The number of benzene rings is 3. The molecule has 0 atom stereocenters. The Morgan fingerprint density at radius 2 is 1.68 bits per heavy atom. The SMILES string of the molecule is O=C(CSc1nc2ccc(NC(=O)c3ccccc3)cc2s1)Nc1nnc(SCc2ccc(Cl)c(Cl)c2)s1. The molecule has 38 heavy (non-hydrogen) atoms. The highest BCUT2D eigenvalue weighted by molar-refractivity contribution is 8.01. The zero-order valence-corrected chi connectivity index (χ0v) is 24.1. The van der Waals surface area contributed by atoms with Crippen molar-refractivity contribution in [2.45, 2.75) is 14.4 Å². The lowest BCUT2D eigenvalue weighted by molar-refractivity contribution is -0.113. The topological polar surface area (TPSA) is 96.9 Å². The zero-order chi connectivity index (χ0) is 26.5. The number of aromatic nitrogens is 3. The zero-order valence-electron chi connectivity index (χ0n) is 19.3. The number of hydrogen-bond acceptors (Lipinski definition) is 9. The van der Waals surface area contributed by atoms with Crippen molar-refractivity contribution in [1.82, 2.24) is 15.2 Å². The number of thiazole rings is 1. The minimum atomic E-state index is -0.192. The molecule has 13 heteroatoms. The van der Waals surface area contributed by atoms with Gasteiger partial charge in [-0.1, -0.05) is 82.3 Å². The number of hydrogen-bond donors (Lipinski definition) is 2. The van der Waals surface area contributed by atoms with E-state index in [2.05, 4.69) is 25.8 Å². The lowest BCUT2D eigenvalue weighted by Crippen LogP contribution is -2.13. The van der Waals surface area contributed by atoms with Crippen molar-refractivity contribution in [2.75, 3.05) is 16.4 Å². The minimum Gasteiger partial charge on any atom is -0.322 e.